The van der Waals surface area contributed by atoms with Crippen molar-refractivity contribution in [1.82, 2.24) is 9.78 Å². The number of rotatable bonds is 3. The zero-order valence-electron chi connectivity index (χ0n) is 12.5. The number of hydrogen-bond donors (Lipinski definition) is 1. The predicted molar refractivity (Wildman–Crippen MR) is 79.9 cm³/mol. The third kappa shape index (κ3) is 2.56. The van der Waals surface area contributed by atoms with Crippen molar-refractivity contribution in [2.45, 2.75) is 40.0 Å². The molecule has 0 bridgehead atoms. The summed E-state index contributed by atoms with van der Waals surface area (Å²) in [5.41, 5.74) is 11.6. The second kappa shape index (κ2) is 4.82. The summed E-state index contributed by atoms with van der Waals surface area (Å²) in [6.45, 7) is 11.2. The van der Waals surface area contributed by atoms with E-state index < -0.39 is 0 Å². The summed E-state index contributed by atoms with van der Waals surface area (Å²) in [4.78, 5) is 0. The maximum absolute atomic E-state index is 5.84. The molecule has 0 atom stereocenters. The average Bonchev–Trinajstić information content (AvgIpc) is 2.72. The molecule has 0 aliphatic rings. The summed E-state index contributed by atoms with van der Waals surface area (Å²) in [6.07, 6.45) is 0. The Hall–Kier alpha value is -1.61. The molecule has 3 heteroatoms. The lowest BCUT2D eigenvalue weighted by atomic mass is 9.90. The van der Waals surface area contributed by atoms with Crippen molar-refractivity contribution >= 4 is 0 Å². The van der Waals surface area contributed by atoms with Crippen molar-refractivity contribution in [2.75, 3.05) is 6.54 Å². The third-order valence-corrected chi connectivity index (χ3v) is 3.67. The molecule has 19 heavy (non-hydrogen) atoms. The van der Waals surface area contributed by atoms with Crippen molar-refractivity contribution in [3.8, 4) is 5.69 Å². The molecular formula is C16H23N3. The van der Waals surface area contributed by atoms with Crippen molar-refractivity contribution in [2.24, 2.45) is 5.73 Å². The fourth-order valence-corrected chi connectivity index (χ4v) is 2.20. The van der Waals surface area contributed by atoms with Crippen LogP contribution in [-0.2, 0) is 5.41 Å². The van der Waals surface area contributed by atoms with E-state index in [-0.39, 0.29) is 5.41 Å². The Morgan fingerprint density at radius 3 is 2.42 bits per heavy atom. The Morgan fingerprint density at radius 1 is 1.16 bits per heavy atom. The summed E-state index contributed by atoms with van der Waals surface area (Å²) in [5, 5.41) is 4.75. The molecule has 0 aliphatic heterocycles. The molecule has 0 saturated carbocycles. The predicted octanol–water partition coefficient (Wildman–Crippen LogP) is 3.03. The maximum Gasteiger partial charge on any atom is 0.0700 e. The summed E-state index contributed by atoms with van der Waals surface area (Å²) in [5.74, 6) is 0. The van der Waals surface area contributed by atoms with Crippen molar-refractivity contribution in [3.63, 3.8) is 0 Å². The van der Waals surface area contributed by atoms with Gasteiger partial charge < -0.3 is 5.73 Å². The monoisotopic (exact) mass is 257 g/mol. The molecule has 0 amide bonds. The van der Waals surface area contributed by atoms with E-state index in [1.807, 2.05) is 4.68 Å². The Bertz CT molecular complexity index is 594. The minimum atomic E-state index is -0.0887. The highest BCUT2D eigenvalue weighted by Gasteiger charge is 2.23. The smallest absolute Gasteiger partial charge is 0.0700 e. The molecule has 0 aliphatic carbocycles. The number of aryl methyl sites for hydroxylation is 3. The minimum absolute atomic E-state index is 0.0887. The number of hydrogen-bond acceptors (Lipinski definition) is 2. The average molecular weight is 257 g/mol. The van der Waals surface area contributed by atoms with E-state index in [0.717, 1.165) is 17.1 Å². The van der Waals surface area contributed by atoms with Crippen LogP contribution in [0.1, 0.15) is 36.4 Å². The summed E-state index contributed by atoms with van der Waals surface area (Å²) in [6, 6.07) is 8.57. The van der Waals surface area contributed by atoms with Gasteiger partial charge in [0.25, 0.3) is 0 Å². The number of nitrogens with two attached hydrogens (primary N) is 1. The summed E-state index contributed by atoms with van der Waals surface area (Å²) in [7, 11) is 0. The van der Waals surface area contributed by atoms with Gasteiger partial charge in [-0.2, -0.15) is 5.10 Å². The van der Waals surface area contributed by atoms with Gasteiger partial charge in [0.1, 0.15) is 0 Å². The molecule has 2 N–H and O–H groups in total. The van der Waals surface area contributed by atoms with Gasteiger partial charge >= 0.3 is 0 Å². The first-order chi connectivity index (χ1) is 8.85. The van der Waals surface area contributed by atoms with Crippen LogP contribution in [0.3, 0.4) is 0 Å². The van der Waals surface area contributed by atoms with E-state index in [1.54, 1.807) is 0 Å². The van der Waals surface area contributed by atoms with Crippen LogP contribution >= 0.6 is 0 Å². The molecule has 3 nitrogen and oxygen atoms in total. The van der Waals surface area contributed by atoms with Crippen LogP contribution in [0, 0.1) is 20.8 Å². The number of nitrogens with zero attached hydrogens (tertiary/aromatic N) is 2. The van der Waals surface area contributed by atoms with E-state index in [2.05, 4.69) is 58.9 Å². The van der Waals surface area contributed by atoms with Crippen molar-refractivity contribution in [3.05, 3.63) is 46.8 Å². The third-order valence-electron chi connectivity index (χ3n) is 3.67. The van der Waals surface area contributed by atoms with E-state index in [0.29, 0.717) is 6.54 Å². The van der Waals surface area contributed by atoms with Gasteiger partial charge in [0.15, 0.2) is 0 Å². The lowest BCUT2D eigenvalue weighted by molar-refractivity contribution is 0.515. The standard InChI is InChI=1S/C16H23N3/c1-11-6-7-14(12(2)8-11)19-13(3)9-15(18-19)16(4,5)10-17/h6-9H,10,17H2,1-5H3. The topological polar surface area (TPSA) is 43.8 Å². The zero-order valence-corrected chi connectivity index (χ0v) is 12.5. The molecule has 0 saturated heterocycles. The lowest BCUT2D eigenvalue weighted by Gasteiger charge is -2.19. The largest absolute Gasteiger partial charge is 0.330 e. The van der Waals surface area contributed by atoms with E-state index in [1.165, 1.54) is 11.1 Å². The highest BCUT2D eigenvalue weighted by molar-refractivity contribution is 5.43. The molecule has 2 rings (SSSR count). The Balaban J connectivity index is 2.52. The van der Waals surface area contributed by atoms with Gasteiger partial charge in [-0.25, -0.2) is 4.68 Å². The van der Waals surface area contributed by atoms with Gasteiger partial charge in [0.05, 0.1) is 11.4 Å². The Labute approximate surface area is 115 Å². The molecule has 1 aromatic carbocycles. The number of benzene rings is 1. The molecule has 0 fully saturated rings. The van der Waals surface area contributed by atoms with Crippen molar-refractivity contribution in [1.29, 1.82) is 0 Å². The summed E-state index contributed by atoms with van der Waals surface area (Å²) < 4.78 is 2.02. The molecule has 0 spiro atoms. The van der Waals surface area contributed by atoms with Crippen LogP contribution < -0.4 is 5.73 Å². The molecular weight excluding hydrogens is 234 g/mol. The van der Waals surface area contributed by atoms with Crippen LogP contribution in [0.5, 0.6) is 0 Å². The van der Waals surface area contributed by atoms with E-state index in [9.17, 15) is 0 Å². The molecule has 0 unspecified atom stereocenters. The van der Waals surface area contributed by atoms with Crippen molar-refractivity contribution < 1.29 is 0 Å². The van der Waals surface area contributed by atoms with Crippen LogP contribution in [0.15, 0.2) is 24.3 Å². The van der Waals surface area contributed by atoms with Gasteiger partial charge in [-0.3, -0.25) is 0 Å². The maximum atomic E-state index is 5.84. The van der Waals surface area contributed by atoms with Crippen LogP contribution in [0.2, 0.25) is 0 Å². The molecule has 1 heterocycles. The van der Waals surface area contributed by atoms with Gasteiger partial charge in [-0.1, -0.05) is 31.5 Å². The highest BCUT2D eigenvalue weighted by Crippen LogP contribution is 2.24. The summed E-state index contributed by atoms with van der Waals surface area (Å²) >= 11 is 0. The quantitative estimate of drug-likeness (QED) is 0.918. The molecule has 1 aromatic heterocycles. The molecule has 0 radical (unpaired) electrons. The zero-order chi connectivity index (χ0) is 14.2. The molecule has 102 valence electrons. The van der Waals surface area contributed by atoms with Gasteiger partial charge in [-0.05, 0) is 38.5 Å². The van der Waals surface area contributed by atoms with Gasteiger partial charge in [0.2, 0.25) is 0 Å². The van der Waals surface area contributed by atoms with Gasteiger partial charge in [-0.15, -0.1) is 0 Å². The van der Waals surface area contributed by atoms with Crippen LogP contribution in [0.25, 0.3) is 5.69 Å². The minimum Gasteiger partial charge on any atom is -0.330 e. The first kappa shape index (κ1) is 13.8. The second-order valence-electron chi connectivity index (χ2n) is 5.96. The number of aromatic nitrogens is 2. The SMILES string of the molecule is Cc1ccc(-n2nc(C(C)(C)CN)cc2C)c(C)c1. The fraction of sp³-hybridized carbons (Fsp3) is 0.438. The fourth-order valence-electron chi connectivity index (χ4n) is 2.20. The van der Waals surface area contributed by atoms with Crippen LogP contribution in [-0.4, -0.2) is 16.3 Å². The van der Waals surface area contributed by atoms with E-state index in [4.69, 9.17) is 10.8 Å². The normalized spacial score (nSPS) is 11.9. The van der Waals surface area contributed by atoms with E-state index >= 15 is 0 Å². The van der Waals surface area contributed by atoms with Gasteiger partial charge in [0, 0.05) is 17.7 Å². The second-order valence-corrected chi connectivity index (χ2v) is 5.96. The first-order valence-corrected chi connectivity index (χ1v) is 6.70. The van der Waals surface area contributed by atoms with Crippen LogP contribution in [0.4, 0.5) is 0 Å². The Kier molecular flexibility index (Phi) is 3.50. The molecule has 2 aromatic rings. The highest BCUT2D eigenvalue weighted by atomic mass is 15.3. The lowest BCUT2D eigenvalue weighted by Crippen LogP contribution is -2.28. The first-order valence-electron chi connectivity index (χ1n) is 6.70. The Morgan fingerprint density at radius 2 is 1.84 bits per heavy atom.